The van der Waals surface area contributed by atoms with Crippen LogP contribution in [0.15, 0.2) is 36.4 Å². The minimum Gasteiger partial charge on any atom is -0.383 e. The molecule has 1 aromatic carbocycles. The van der Waals surface area contributed by atoms with Crippen molar-refractivity contribution < 1.29 is 4.92 Å². The Kier molecular flexibility index (Phi) is 3.43. The topological polar surface area (TPSA) is 85.3 Å². The van der Waals surface area contributed by atoms with Gasteiger partial charge in [0.2, 0.25) is 0 Å². The van der Waals surface area contributed by atoms with Crippen LogP contribution in [0.1, 0.15) is 11.1 Å². The number of nitrogen functional groups attached to an aromatic ring is 1. The lowest BCUT2D eigenvalue weighted by Gasteiger charge is -2.21. The van der Waals surface area contributed by atoms with Gasteiger partial charge >= 0.3 is 0 Å². The number of nitro groups is 1. The van der Waals surface area contributed by atoms with E-state index in [1.165, 1.54) is 23.3 Å². The van der Waals surface area contributed by atoms with E-state index in [9.17, 15) is 10.1 Å². The van der Waals surface area contributed by atoms with Crippen LogP contribution in [0.3, 0.4) is 0 Å². The molecule has 3 rings (SSSR count). The maximum atomic E-state index is 10.9. The molecule has 2 aromatic rings. The predicted molar refractivity (Wildman–Crippen MR) is 81.4 cm³/mol. The molecule has 2 heterocycles. The highest BCUT2D eigenvalue weighted by Gasteiger charge is 2.18. The average Bonchev–Trinajstić information content (AvgIpc) is 2.69. The van der Waals surface area contributed by atoms with E-state index in [0.29, 0.717) is 5.82 Å². The zero-order valence-electron chi connectivity index (χ0n) is 11.5. The van der Waals surface area contributed by atoms with E-state index < -0.39 is 4.92 Å². The Morgan fingerprint density at radius 3 is 2.33 bits per heavy atom. The highest BCUT2D eigenvalue weighted by Crippen LogP contribution is 2.24. The summed E-state index contributed by atoms with van der Waals surface area (Å²) in [6.45, 7) is 1.56. The molecule has 2 N–H and O–H groups in total. The lowest BCUT2D eigenvalue weighted by Crippen LogP contribution is -2.27. The summed E-state index contributed by atoms with van der Waals surface area (Å²) in [5.41, 5.74) is 8.33. The van der Waals surface area contributed by atoms with E-state index in [2.05, 4.69) is 22.0 Å². The van der Waals surface area contributed by atoms with Gasteiger partial charge in [0.05, 0.1) is 17.1 Å². The number of benzene rings is 1. The minimum absolute atomic E-state index is 0.0146. The first-order valence-electron chi connectivity index (χ1n) is 6.87. The smallest absolute Gasteiger partial charge is 0.276 e. The van der Waals surface area contributed by atoms with Gasteiger partial charge in [-0.2, -0.15) is 0 Å². The molecule has 1 aromatic heterocycles. The van der Waals surface area contributed by atoms with E-state index in [-0.39, 0.29) is 11.5 Å². The van der Waals surface area contributed by atoms with Gasteiger partial charge in [-0.15, -0.1) is 0 Å². The SMILES string of the molecule is Nc1cc([N+](=O)[O-])cc(N2CCc3ccccc3CC2)n1. The Morgan fingerprint density at radius 1 is 1.14 bits per heavy atom. The molecule has 0 spiro atoms. The van der Waals surface area contributed by atoms with Gasteiger partial charge < -0.3 is 10.6 Å². The molecular weight excluding hydrogens is 268 g/mol. The third-order valence-corrected chi connectivity index (χ3v) is 3.77. The summed E-state index contributed by atoms with van der Waals surface area (Å²) in [6, 6.07) is 11.1. The molecule has 1 aliphatic rings. The predicted octanol–water partition coefficient (Wildman–Crippen LogP) is 2.18. The van der Waals surface area contributed by atoms with Gasteiger partial charge in [0.1, 0.15) is 11.6 Å². The summed E-state index contributed by atoms with van der Waals surface area (Å²) in [6.07, 6.45) is 1.81. The van der Waals surface area contributed by atoms with Crippen molar-refractivity contribution in [2.75, 3.05) is 23.7 Å². The van der Waals surface area contributed by atoms with Crippen LogP contribution in [-0.4, -0.2) is 23.0 Å². The number of nitrogens with zero attached hydrogens (tertiary/aromatic N) is 3. The third kappa shape index (κ3) is 2.79. The zero-order valence-corrected chi connectivity index (χ0v) is 11.5. The van der Waals surface area contributed by atoms with Crippen molar-refractivity contribution in [3.8, 4) is 0 Å². The molecule has 1 aliphatic heterocycles. The van der Waals surface area contributed by atoms with E-state index >= 15 is 0 Å². The lowest BCUT2D eigenvalue weighted by atomic mass is 10.0. The average molecular weight is 284 g/mol. The fraction of sp³-hybridized carbons (Fsp3) is 0.267. The summed E-state index contributed by atoms with van der Waals surface area (Å²) >= 11 is 0. The molecule has 0 atom stereocenters. The molecule has 0 aliphatic carbocycles. The van der Waals surface area contributed by atoms with Crippen molar-refractivity contribution in [3.63, 3.8) is 0 Å². The molecule has 0 radical (unpaired) electrons. The standard InChI is InChI=1S/C15H16N4O2/c16-14-9-13(19(20)21)10-15(17-14)18-7-5-11-3-1-2-4-12(11)6-8-18/h1-4,9-10H,5-8H2,(H2,16,17). The lowest BCUT2D eigenvalue weighted by molar-refractivity contribution is -0.384. The second kappa shape index (κ2) is 5.40. The zero-order chi connectivity index (χ0) is 14.8. The fourth-order valence-corrected chi connectivity index (χ4v) is 2.69. The van der Waals surface area contributed by atoms with Crippen LogP contribution in [0.2, 0.25) is 0 Å². The molecule has 6 nitrogen and oxygen atoms in total. The summed E-state index contributed by atoms with van der Waals surface area (Å²) in [5.74, 6) is 0.760. The number of pyridine rings is 1. The molecule has 108 valence electrons. The van der Waals surface area contributed by atoms with Gasteiger partial charge in [-0.1, -0.05) is 24.3 Å². The number of aromatic nitrogens is 1. The minimum atomic E-state index is -0.436. The molecule has 6 heteroatoms. The molecule has 0 unspecified atom stereocenters. The van der Waals surface area contributed by atoms with Gasteiger partial charge in [-0.05, 0) is 24.0 Å². The highest BCUT2D eigenvalue weighted by molar-refractivity contribution is 5.54. The summed E-state index contributed by atoms with van der Waals surface area (Å²) < 4.78 is 0. The number of anilines is 2. The van der Waals surface area contributed by atoms with E-state index in [1.807, 2.05) is 12.1 Å². The van der Waals surface area contributed by atoms with Crippen LogP contribution in [0.5, 0.6) is 0 Å². The molecule has 0 bridgehead atoms. The normalized spacial score (nSPS) is 14.4. The Hall–Kier alpha value is -2.63. The molecular formula is C15H16N4O2. The molecule has 0 saturated heterocycles. The summed E-state index contributed by atoms with van der Waals surface area (Å²) in [7, 11) is 0. The number of fused-ring (bicyclic) bond motifs is 1. The van der Waals surface area contributed by atoms with Gasteiger partial charge in [-0.3, -0.25) is 10.1 Å². The van der Waals surface area contributed by atoms with Crippen molar-refractivity contribution in [2.24, 2.45) is 0 Å². The monoisotopic (exact) mass is 284 g/mol. The van der Waals surface area contributed by atoms with Crippen molar-refractivity contribution in [3.05, 3.63) is 57.6 Å². The Bertz CT molecular complexity index is 660. The van der Waals surface area contributed by atoms with Gasteiger partial charge in [-0.25, -0.2) is 4.98 Å². The summed E-state index contributed by atoms with van der Waals surface area (Å²) in [4.78, 5) is 16.8. The van der Waals surface area contributed by atoms with E-state index in [0.717, 1.165) is 25.9 Å². The number of rotatable bonds is 2. The van der Waals surface area contributed by atoms with Crippen LogP contribution in [0.25, 0.3) is 0 Å². The van der Waals surface area contributed by atoms with Crippen molar-refractivity contribution in [1.82, 2.24) is 4.98 Å². The van der Waals surface area contributed by atoms with Gasteiger partial charge in [0.25, 0.3) is 5.69 Å². The van der Waals surface area contributed by atoms with Gasteiger partial charge in [0.15, 0.2) is 0 Å². The van der Waals surface area contributed by atoms with Crippen molar-refractivity contribution in [2.45, 2.75) is 12.8 Å². The maximum absolute atomic E-state index is 10.9. The second-order valence-electron chi connectivity index (χ2n) is 5.12. The molecule has 0 saturated carbocycles. The molecule has 0 amide bonds. The second-order valence-corrected chi connectivity index (χ2v) is 5.12. The first-order chi connectivity index (χ1) is 10.1. The maximum Gasteiger partial charge on any atom is 0.276 e. The van der Waals surface area contributed by atoms with E-state index in [4.69, 9.17) is 5.73 Å². The van der Waals surface area contributed by atoms with Crippen LogP contribution in [-0.2, 0) is 12.8 Å². The van der Waals surface area contributed by atoms with Crippen LogP contribution < -0.4 is 10.6 Å². The largest absolute Gasteiger partial charge is 0.383 e. The quantitative estimate of drug-likeness (QED) is 0.674. The molecule has 21 heavy (non-hydrogen) atoms. The fourth-order valence-electron chi connectivity index (χ4n) is 2.69. The van der Waals surface area contributed by atoms with Crippen molar-refractivity contribution in [1.29, 1.82) is 0 Å². The number of hydrogen-bond donors (Lipinski definition) is 1. The third-order valence-electron chi connectivity index (χ3n) is 3.77. The van der Waals surface area contributed by atoms with Crippen LogP contribution in [0, 0.1) is 10.1 Å². The Morgan fingerprint density at radius 2 is 1.76 bits per heavy atom. The van der Waals surface area contributed by atoms with Crippen LogP contribution in [0.4, 0.5) is 17.3 Å². The first kappa shape index (κ1) is 13.4. The molecule has 0 fully saturated rings. The Labute approximate surface area is 122 Å². The first-order valence-corrected chi connectivity index (χ1v) is 6.87. The van der Waals surface area contributed by atoms with Gasteiger partial charge in [0, 0.05) is 13.1 Å². The number of nitrogens with two attached hydrogens (primary N) is 1. The highest BCUT2D eigenvalue weighted by atomic mass is 16.6. The van der Waals surface area contributed by atoms with Crippen molar-refractivity contribution >= 4 is 17.3 Å². The number of hydrogen-bond acceptors (Lipinski definition) is 5. The Balaban J connectivity index is 1.87. The summed E-state index contributed by atoms with van der Waals surface area (Å²) in [5, 5.41) is 10.9. The van der Waals surface area contributed by atoms with E-state index in [1.54, 1.807) is 0 Å². The van der Waals surface area contributed by atoms with Crippen LogP contribution >= 0.6 is 0 Å².